The van der Waals surface area contributed by atoms with E-state index in [2.05, 4.69) is 0 Å². The van der Waals surface area contributed by atoms with Gasteiger partial charge in [0.15, 0.2) is 0 Å². The van der Waals surface area contributed by atoms with Crippen LogP contribution in [0.4, 0.5) is 5.69 Å². The summed E-state index contributed by atoms with van der Waals surface area (Å²) < 4.78 is 6.23. The van der Waals surface area contributed by atoms with E-state index >= 15 is 0 Å². The Labute approximate surface area is 193 Å². The minimum absolute atomic E-state index is 0.208. The first-order chi connectivity index (χ1) is 15.9. The zero-order valence-electron chi connectivity index (χ0n) is 17.1. The Morgan fingerprint density at radius 2 is 1.30 bits per heavy atom. The van der Waals surface area contributed by atoms with Gasteiger partial charge in [-0.25, -0.2) is 4.90 Å². The van der Waals surface area contributed by atoms with Crippen molar-refractivity contribution in [3.8, 4) is 0 Å². The topological polar surface area (TPSA) is 80.8 Å². The summed E-state index contributed by atoms with van der Waals surface area (Å²) in [6, 6.07) is 21.6. The zero-order valence-corrected chi connectivity index (χ0v) is 17.9. The minimum atomic E-state index is -2.07. The highest BCUT2D eigenvalue weighted by Crippen LogP contribution is 2.57. The van der Waals surface area contributed by atoms with Gasteiger partial charge in [-0.15, -0.1) is 0 Å². The summed E-state index contributed by atoms with van der Waals surface area (Å²) in [5, 5.41) is 0.455. The Hall–Kier alpha value is -3.61. The first kappa shape index (κ1) is 20.0. The van der Waals surface area contributed by atoms with Gasteiger partial charge >= 0.3 is 0 Å². The van der Waals surface area contributed by atoms with Crippen LogP contribution < -0.4 is 4.90 Å². The van der Waals surface area contributed by atoms with Crippen LogP contribution in [0, 0.1) is 11.8 Å². The van der Waals surface area contributed by atoms with Gasteiger partial charge in [-0.3, -0.25) is 19.2 Å². The smallest absolute Gasteiger partial charge is 0.241 e. The molecule has 2 fully saturated rings. The van der Waals surface area contributed by atoms with Crippen LogP contribution in [-0.4, -0.2) is 29.0 Å². The van der Waals surface area contributed by atoms with Gasteiger partial charge in [-0.05, 0) is 29.8 Å². The SMILES string of the molecule is O=C1[C@@H]2[C@@H](c3ccccc3)OC3(C(=O)c4ccccc4C3=O)[C@H]2C(=O)N1c1ccc(Cl)cc1. The molecule has 3 aromatic carbocycles. The van der Waals surface area contributed by atoms with Crippen molar-refractivity contribution in [2.24, 2.45) is 11.8 Å². The number of imide groups is 1. The van der Waals surface area contributed by atoms with Crippen molar-refractivity contribution in [3.63, 3.8) is 0 Å². The molecule has 3 atom stereocenters. The van der Waals surface area contributed by atoms with E-state index in [0.717, 1.165) is 4.90 Å². The largest absolute Gasteiger partial charge is 0.349 e. The summed E-state index contributed by atoms with van der Waals surface area (Å²) in [6.07, 6.45) is -0.924. The first-order valence-corrected chi connectivity index (χ1v) is 10.9. The molecule has 3 aromatic rings. The molecule has 6 nitrogen and oxygen atoms in total. The van der Waals surface area contributed by atoms with Crippen LogP contribution >= 0.6 is 11.6 Å². The molecule has 33 heavy (non-hydrogen) atoms. The molecule has 2 amide bonds. The summed E-state index contributed by atoms with van der Waals surface area (Å²) in [7, 11) is 0. The zero-order chi connectivity index (χ0) is 22.9. The number of ether oxygens (including phenoxy) is 1. The number of hydrogen-bond donors (Lipinski definition) is 0. The fourth-order valence-corrected chi connectivity index (χ4v) is 5.43. The fourth-order valence-electron chi connectivity index (χ4n) is 5.31. The number of anilines is 1. The van der Waals surface area contributed by atoms with E-state index in [1.165, 1.54) is 0 Å². The van der Waals surface area contributed by atoms with Gasteiger partial charge in [0, 0.05) is 16.1 Å². The number of halogens is 1. The lowest BCUT2D eigenvalue weighted by molar-refractivity contribution is -0.127. The summed E-state index contributed by atoms with van der Waals surface area (Å²) in [5.74, 6) is -4.56. The monoisotopic (exact) mass is 457 g/mol. The Kier molecular flexibility index (Phi) is 4.21. The van der Waals surface area contributed by atoms with Crippen molar-refractivity contribution in [1.82, 2.24) is 0 Å². The number of hydrogen-bond acceptors (Lipinski definition) is 5. The third-order valence-corrected chi connectivity index (χ3v) is 6.98. The van der Waals surface area contributed by atoms with E-state index in [0.29, 0.717) is 16.3 Å². The molecule has 2 aliphatic heterocycles. The second kappa shape index (κ2) is 6.94. The molecule has 0 aromatic heterocycles. The number of carbonyl (C=O) groups excluding carboxylic acids is 4. The van der Waals surface area contributed by atoms with Gasteiger partial charge in [0.25, 0.3) is 0 Å². The van der Waals surface area contributed by atoms with E-state index in [1.807, 2.05) is 6.07 Å². The van der Waals surface area contributed by atoms with Crippen molar-refractivity contribution < 1.29 is 23.9 Å². The molecule has 0 bridgehead atoms. The summed E-state index contributed by atoms with van der Waals surface area (Å²) in [5.41, 5.74) is -0.690. The summed E-state index contributed by atoms with van der Waals surface area (Å²) >= 11 is 5.98. The van der Waals surface area contributed by atoms with Gasteiger partial charge < -0.3 is 4.74 Å². The van der Waals surface area contributed by atoms with Crippen LogP contribution in [0.2, 0.25) is 5.02 Å². The van der Waals surface area contributed by atoms with Gasteiger partial charge in [0.1, 0.15) is 0 Å². The van der Waals surface area contributed by atoms with Crippen LogP contribution in [-0.2, 0) is 14.3 Å². The van der Waals surface area contributed by atoms with Crippen molar-refractivity contribution >= 4 is 40.7 Å². The quantitative estimate of drug-likeness (QED) is 0.428. The Bertz CT molecular complexity index is 1320. The third-order valence-electron chi connectivity index (χ3n) is 6.73. The lowest BCUT2D eigenvalue weighted by Crippen LogP contribution is -2.51. The number of nitrogens with zero attached hydrogens (tertiary/aromatic N) is 1. The van der Waals surface area contributed by atoms with Gasteiger partial charge in [0.05, 0.1) is 23.6 Å². The van der Waals surface area contributed by atoms with Crippen LogP contribution in [0.5, 0.6) is 0 Å². The van der Waals surface area contributed by atoms with Crippen LogP contribution in [0.3, 0.4) is 0 Å². The number of rotatable bonds is 2. The molecule has 0 radical (unpaired) electrons. The predicted octanol–water partition coefficient (Wildman–Crippen LogP) is 4.04. The van der Waals surface area contributed by atoms with Gasteiger partial charge in [-0.2, -0.15) is 0 Å². The number of fused-ring (bicyclic) bond motifs is 3. The average Bonchev–Trinajstić information content (AvgIpc) is 3.41. The molecule has 162 valence electrons. The number of Topliss-reactive ketones (excluding diaryl/α,β-unsaturated/α-hetero) is 2. The van der Waals surface area contributed by atoms with E-state index in [-0.39, 0.29) is 11.1 Å². The second-order valence-corrected chi connectivity index (χ2v) is 8.82. The van der Waals surface area contributed by atoms with Crippen molar-refractivity contribution in [2.45, 2.75) is 11.7 Å². The Morgan fingerprint density at radius 3 is 1.91 bits per heavy atom. The van der Waals surface area contributed by atoms with Crippen LogP contribution in [0.1, 0.15) is 32.4 Å². The Balaban J connectivity index is 1.55. The average molecular weight is 458 g/mol. The van der Waals surface area contributed by atoms with E-state index < -0.39 is 46.9 Å². The van der Waals surface area contributed by atoms with Crippen LogP contribution in [0.25, 0.3) is 0 Å². The second-order valence-electron chi connectivity index (χ2n) is 8.38. The molecule has 6 rings (SSSR count). The maximum absolute atomic E-state index is 13.8. The highest BCUT2D eigenvalue weighted by atomic mass is 35.5. The first-order valence-electron chi connectivity index (χ1n) is 10.5. The molecule has 2 saturated heterocycles. The maximum Gasteiger partial charge on any atom is 0.241 e. The molecule has 2 heterocycles. The molecule has 0 saturated carbocycles. The molecule has 7 heteroatoms. The van der Waals surface area contributed by atoms with Crippen molar-refractivity contribution in [2.75, 3.05) is 4.90 Å². The summed E-state index contributed by atoms with van der Waals surface area (Å²) in [4.78, 5) is 55.8. The number of ketones is 2. The number of benzene rings is 3. The van der Waals surface area contributed by atoms with Gasteiger partial charge in [0.2, 0.25) is 29.0 Å². The molecule has 0 unspecified atom stereocenters. The predicted molar refractivity (Wildman–Crippen MR) is 119 cm³/mol. The van der Waals surface area contributed by atoms with Gasteiger partial charge in [-0.1, -0.05) is 66.2 Å². The minimum Gasteiger partial charge on any atom is -0.349 e. The van der Waals surface area contributed by atoms with E-state index in [9.17, 15) is 19.2 Å². The maximum atomic E-state index is 13.8. The molecule has 3 aliphatic rings. The van der Waals surface area contributed by atoms with Crippen LogP contribution in [0.15, 0.2) is 78.9 Å². The lowest BCUT2D eigenvalue weighted by Gasteiger charge is -2.27. The van der Waals surface area contributed by atoms with E-state index in [4.69, 9.17) is 16.3 Å². The Morgan fingerprint density at radius 1 is 0.727 bits per heavy atom. The normalized spacial score (nSPS) is 25.1. The molecule has 1 spiro atoms. The van der Waals surface area contributed by atoms with E-state index in [1.54, 1.807) is 72.8 Å². The molecular formula is C26H16ClNO5. The lowest BCUT2D eigenvalue weighted by atomic mass is 9.77. The number of amides is 2. The molecule has 1 aliphatic carbocycles. The number of carbonyl (C=O) groups is 4. The summed E-state index contributed by atoms with van der Waals surface area (Å²) in [6.45, 7) is 0. The van der Waals surface area contributed by atoms with Crippen molar-refractivity contribution in [1.29, 1.82) is 0 Å². The standard InChI is InChI=1S/C26H16ClNO5/c27-15-10-12-16(13-11-15)28-24(31)19-20(25(28)32)26(33-21(19)14-6-2-1-3-7-14)22(29)17-8-4-5-9-18(17)23(26)30/h1-13,19-21H/t19-,20+,21+/m0/s1. The highest BCUT2D eigenvalue weighted by Gasteiger charge is 2.74. The van der Waals surface area contributed by atoms with Crippen molar-refractivity contribution in [3.05, 3.63) is 101 Å². The molecular weight excluding hydrogens is 442 g/mol. The highest BCUT2D eigenvalue weighted by molar-refractivity contribution is 6.37. The third kappa shape index (κ3) is 2.53. The molecule has 0 N–H and O–H groups in total. The fraction of sp³-hybridized carbons (Fsp3) is 0.154.